The number of anilines is 3. The molecule has 0 aliphatic carbocycles. The van der Waals surface area contributed by atoms with Crippen molar-refractivity contribution in [2.24, 2.45) is 0 Å². The Hall–Kier alpha value is -3.08. The number of hydrogen-bond acceptors (Lipinski definition) is 5. The lowest BCUT2D eigenvalue weighted by Gasteiger charge is -2.22. The van der Waals surface area contributed by atoms with E-state index in [1.807, 2.05) is 36.4 Å². The third-order valence-corrected chi connectivity index (χ3v) is 4.16. The van der Waals surface area contributed by atoms with E-state index in [2.05, 4.69) is 51.4 Å². The summed E-state index contributed by atoms with van der Waals surface area (Å²) in [6.07, 6.45) is 2.69. The van der Waals surface area contributed by atoms with Gasteiger partial charge >= 0.3 is 0 Å². The van der Waals surface area contributed by atoms with Gasteiger partial charge in [-0.05, 0) is 49.2 Å². The highest BCUT2D eigenvalue weighted by atomic mass is 16.5. The van der Waals surface area contributed by atoms with E-state index in [1.165, 1.54) is 5.56 Å². The maximum absolute atomic E-state index is 5.19. The Balaban J connectivity index is 1.63. The van der Waals surface area contributed by atoms with Gasteiger partial charge in [-0.2, -0.15) is 4.98 Å². The van der Waals surface area contributed by atoms with Crippen LogP contribution in [0, 0.1) is 0 Å². The molecule has 0 atom stereocenters. The first-order valence-corrected chi connectivity index (χ1v) is 8.82. The predicted molar refractivity (Wildman–Crippen MR) is 106 cm³/mol. The van der Waals surface area contributed by atoms with Crippen LogP contribution in [0.5, 0.6) is 5.75 Å². The van der Waals surface area contributed by atoms with Crippen LogP contribution in [-0.2, 0) is 6.42 Å². The molecule has 26 heavy (non-hydrogen) atoms. The SMILES string of the molecule is CCN(c1ccccc1)c1ccnc(NCCc2ccc(OC)cc2)n1. The number of hydrogen-bond donors (Lipinski definition) is 1. The second-order valence-electron chi connectivity index (χ2n) is 5.84. The zero-order valence-corrected chi connectivity index (χ0v) is 15.2. The van der Waals surface area contributed by atoms with Gasteiger partial charge < -0.3 is 15.0 Å². The van der Waals surface area contributed by atoms with Gasteiger partial charge in [0.05, 0.1) is 7.11 Å². The highest BCUT2D eigenvalue weighted by Gasteiger charge is 2.09. The van der Waals surface area contributed by atoms with Crippen LogP contribution in [-0.4, -0.2) is 30.2 Å². The number of methoxy groups -OCH3 is 1. The van der Waals surface area contributed by atoms with E-state index in [-0.39, 0.29) is 0 Å². The molecule has 5 nitrogen and oxygen atoms in total. The number of ether oxygens (including phenoxy) is 1. The first-order valence-electron chi connectivity index (χ1n) is 8.82. The van der Waals surface area contributed by atoms with E-state index >= 15 is 0 Å². The lowest BCUT2D eigenvalue weighted by Crippen LogP contribution is -2.18. The molecule has 0 saturated carbocycles. The van der Waals surface area contributed by atoms with Gasteiger partial charge in [0.2, 0.25) is 5.95 Å². The fourth-order valence-electron chi connectivity index (χ4n) is 2.78. The minimum absolute atomic E-state index is 0.644. The van der Waals surface area contributed by atoms with Crippen molar-refractivity contribution in [3.63, 3.8) is 0 Å². The molecule has 0 radical (unpaired) electrons. The van der Waals surface area contributed by atoms with Crippen LogP contribution < -0.4 is 15.0 Å². The van der Waals surface area contributed by atoms with Crippen molar-refractivity contribution in [3.8, 4) is 5.75 Å². The largest absolute Gasteiger partial charge is 0.497 e. The maximum Gasteiger partial charge on any atom is 0.224 e. The third-order valence-electron chi connectivity index (χ3n) is 4.16. The van der Waals surface area contributed by atoms with E-state index < -0.39 is 0 Å². The molecule has 1 aromatic heterocycles. The molecule has 0 aliphatic heterocycles. The number of aromatic nitrogens is 2. The number of nitrogens with zero attached hydrogens (tertiary/aromatic N) is 3. The molecule has 1 heterocycles. The topological polar surface area (TPSA) is 50.3 Å². The van der Waals surface area contributed by atoms with Crippen LogP contribution in [0.15, 0.2) is 66.9 Å². The van der Waals surface area contributed by atoms with Crippen LogP contribution in [0.3, 0.4) is 0 Å². The Morgan fingerprint density at radius 2 is 1.77 bits per heavy atom. The van der Waals surface area contributed by atoms with Crippen molar-refractivity contribution in [3.05, 3.63) is 72.4 Å². The zero-order chi connectivity index (χ0) is 18.2. The van der Waals surface area contributed by atoms with E-state index in [1.54, 1.807) is 13.3 Å². The molecule has 0 spiro atoms. The summed E-state index contributed by atoms with van der Waals surface area (Å²) in [6.45, 7) is 3.73. The smallest absolute Gasteiger partial charge is 0.224 e. The van der Waals surface area contributed by atoms with Crippen molar-refractivity contribution >= 4 is 17.5 Å². The lowest BCUT2D eigenvalue weighted by atomic mass is 10.1. The predicted octanol–water partition coefficient (Wildman–Crippen LogP) is 4.30. The number of rotatable bonds is 8. The van der Waals surface area contributed by atoms with Crippen LogP contribution in [0.2, 0.25) is 0 Å². The molecule has 0 saturated heterocycles. The first-order chi connectivity index (χ1) is 12.8. The fourth-order valence-corrected chi connectivity index (χ4v) is 2.78. The van der Waals surface area contributed by atoms with Crippen molar-refractivity contribution in [2.45, 2.75) is 13.3 Å². The lowest BCUT2D eigenvalue weighted by molar-refractivity contribution is 0.414. The van der Waals surface area contributed by atoms with Crippen LogP contribution in [0.25, 0.3) is 0 Å². The van der Waals surface area contributed by atoms with Crippen LogP contribution >= 0.6 is 0 Å². The van der Waals surface area contributed by atoms with Crippen molar-refractivity contribution in [1.29, 1.82) is 0 Å². The van der Waals surface area contributed by atoms with Gasteiger partial charge in [0, 0.05) is 25.0 Å². The molecule has 1 N–H and O–H groups in total. The molecule has 134 valence electrons. The molecule has 3 rings (SSSR count). The minimum atomic E-state index is 0.644. The van der Waals surface area contributed by atoms with E-state index in [0.717, 1.165) is 36.8 Å². The van der Waals surface area contributed by atoms with E-state index in [0.29, 0.717) is 5.95 Å². The maximum atomic E-state index is 5.19. The van der Waals surface area contributed by atoms with E-state index in [9.17, 15) is 0 Å². The molecular formula is C21H24N4O. The van der Waals surface area contributed by atoms with E-state index in [4.69, 9.17) is 4.74 Å². The highest BCUT2D eigenvalue weighted by molar-refractivity contribution is 5.60. The molecule has 0 unspecified atom stereocenters. The molecular weight excluding hydrogens is 324 g/mol. The van der Waals surface area contributed by atoms with Gasteiger partial charge in [0.15, 0.2) is 0 Å². The quantitative estimate of drug-likeness (QED) is 0.658. The van der Waals surface area contributed by atoms with Crippen LogP contribution in [0.1, 0.15) is 12.5 Å². The second-order valence-corrected chi connectivity index (χ2v) is 5.84. The summed E-state index contributed by atoms with van der Waals surface area (Å²) in [5, 5.41) is 3.31. The Morgan fingerprint density at radius 3 is 2.46 bits per heavy atom. The number of nitrogens with one attached hydrogen (secondary N) is 1. The molecule has 0 aliphatic rings. The number of benzene rings is 2. The molecule has 2 aromatic carbocycles. The van der Waals surface area contributed by atoms with Gasteiger partial charge in [-0.3, -0.25) is 0 Å². The summed E-state index contributed by atoms with van der Waals surface area (Å²) < 4.78 is 5.19. The Morgan fingerprint density at radius 1 is 1.00 bits per heavy atom. The summed E-state index contributed by atoms with van der Waals surface area (Å²) in [4.78, 5) is 11.2. The molecule has 5 heteroatoms. The molecule has 0 bridgehead atoms. The average Bonchev–Trinajstić information content (AvgIpc) is 2.70. The second kappa shape index (κ2) is 8.85. The standard InChI is InChI=1S/C21H24N4O/c1-3-25(18-7-5-4-6-8-18)20-14-16-23-21(24-20)22-15-13-17-9-11-19(26-2)12-10-17/h4-12,14,16H,3,13,15H2,1-2H3,(H,22,23,24). The van der Waals surface area contributed by atoms with Gasteiger partial charge in [-0.1, -0.05) is 30.3 Å². The van der Waals surface area contributed by atoms with Crippen LogP contribution in [0.4, 0.5) is 17.5 Å². The zero-order valence-electron chi connectivity index (χ0n) is 15.2. The summed E-state index contributed by atoms with van der Waals surface area (Å²) in [5.41, 5.74) is 2.37. The minimum Gasteiger partial charge on any atom is -0.497 e. The Kier molecular flexibility index (Phi) is 6.04. The summed E-state index contributed by atoms with van der Waals surface area (Å²) in [6, 6.07) is 20.3. The Bertz CT molecular complexity index is 806. The molecule has 0 amide bonds. The molecule has 3 aromatic rings. The normalized spacial score (nSPS) is 10.4. The molecule has 0 fully saturated rings. The highest BCUT2D eigenvalue weighted by Crippen LogP contribution is 2.23. The summed E-state index contributed by atoms with van der Waals surface area (Å²) in [5.74, 6) is 2.41. The fraction of sp³-hybridized carbons (Fsp3) is 0.238. The monoisotopic (exact) mass is 348 g/mol. The van der Waals surface area contributed by atoms with Crippen molar-refractivity contribution in [1.82, 2.24) is 9.97 Å². The van der Waals surface area contributed by atoms with Gasteiger partial charge in [-0.25, -0.2) is 4.98 Å². The average molecular weight is 348 g/mol. The summed E-state index contributed by atoms with van der Waals surface area (Å²) >= 11 is 0. The first kappa shape index (κ1) is 17.7. The Labute approximate surface area is 154 Å². The van der Waals surface area contributed by atoms with Gasteiger partial charge in [-0.15, -0.1) is 0 Å². The summed E-state index contributed by atoms with van der Waals surface area (Å²) in [7, 11) is 1.68. The third kappa shape index (κ3) is 4.51. The number of para-hydroxylation sites is 1. The van der Waals surface area contributed by atoms with Crippen molar-refractivity contribution in [2.75, 3.05) is 30.4 Å². The van der Waals surface area contributed by atoms with Gasteiger partial charge in [0.1, 0.15) is 11.6 Å². The van der Waals surface area contributed by atoms with Crippen molar-refractivity contribution < 1.29 is 4.74 Å². The van der Waals surface area contributed by atoms with Gasteiger partial charge in [0.25, 0.3) is 0 Å².